The van der Waals surface area contributed by atoms with E-state index in [0.29, 0.717) is 16.8 Å². The molecule has 0 saturated heterocycles. The lowest BCUT2D eigenvalue weighted by atomic mass is 10.0. The first-order valence-corrected chi connectivity index (χ1v) is 5.34. The maximum Gasteiger partial charge on any atom is 0.168 e. The second kappa shape index (κ2) is 4.49. The summed E-state index contributed by atoms with van der Waals surface area (Å²) in [4.78, 5) is 11.9. The van der Waals surface area contributed by atoms with Crippen LogP contribution in [-0.4, -0.2) is 15.6 Å². The van der Waals surface area contributed by atoms with Crippen molar-refractivity contribution in [2.75, 3.05) is 0 Å². The Bertz CT molecular complexity index is 560. The number of halogens is 1. The molecule has 88 valence electrons. The largest absolute Gasteiger partial charge is 0.294 e. The minimum absolute atomic E-state index is 0.123. The van der Waals surface area contributed by atoms with Crippen LogP contribution in [-0.2, 0) is 13.5 Å². The predicted octanol–water partition coefficient (Wildman–Crippen LogP) is 2.29. The summed E-state index contributed by atoms with van der Waals surface area (Å²) in [6, 6.07) is 6.31. The minimum atomic E-state index is -0.350. The van der Waals surface area contributed by atoms with Gasteiger partial charge in [-0.2, -0.15) is 5.10 Å². The number of nitrogens with zero attached hydrogens (tertiary/aromatic N) is 2. The third kappa shape index (κ3) is 2.58. The molecule has 0 unspecified atom stereocenters. The van der Waals surface area contributed by atoms with Crippen LogP contribution in [0.15, 0.2) is 30.5 Å². The van der Waals surface area contributed by atoms with Gasteiger partial charge >= 0.3 is 0 Å². The molecule has 3 nitrogen and oxygen atoms in total. The van der Waals surface area contributed by atoms with Crippen molar-refractivity contribution < 1.29 is 9.18 Å². The van der Waals surface area contributed by atoms with Crippen molar-refractivity contribution in [3.05, 3.63) is 53.1 Å². The Morgan fingerprint density at radius 2 is 2.18 bits per heavy atom. The summed E-state index contributed by atoms with van der Waals surface area (Å²) in [5.74, 6) is -0.473. The number of carbonyl (C=O) groups is 1. The molecule has 0 atom stereocenters. The fourth-order valence-electron chi connectivity index (χ4n) is 1.59. The molecule has 0 amide bonds. The van der Waals surface area contributed by atoms with E-state index in [1.165, 1.54) is 6.07 Å². The van der Waals surface area contributed by atoms with Crippen molar-refractivity contribution in [1.29, 1.82) is 0 Å². The summed E-state index contributed by atoms with van der Waals surface area (Å²) in [7, 11) is 1.79. The van der Waals surface area contributed by atoms with Gasteiger partial charge in [0.1, 0.15) is 5.82 Å². The Hall–Kier alpha value is -1.97. The van der Waals surface area contributed by atoms with Gasteiger partial charge in [0, 0.05) is 18.8 Å². The summed E-state index contributed by atoms with van der Waals surface area (Å²) in [6.45, 7) is 1.67. The SMILES string of the molecule is Cc1ccc(C(=O)Cc2ccn(C)n2)cc1F. The lowest BCUT2D eigenvalue weighted by molar-refractivity contribution is 0.0991. The molecule has 0 aliphatic rings. The van der Waals surface area contributed by atoms with Crippen LogP contribution in [0.1, 0.15) is 21.6 Å². The van der Waals surface area contributed by atoms with Crippen molar-refractivity contribution >= 4 is 5.78 Å². The zero-order valence-corrected chi connectivity index (χ0v) is 9.77. The number of Topliss-reactive ketones (excluding diaryl/α,β-unsaturated/α-hetero) is 1. The number of hydrogen-bond acceptors (Lipinski definition) is 2. The molecule has 2 rings (SSSR count). The lowest BCUT2D eigenvalue weighted by Crippen LogP contribution is -2.05. The number of carbonyl (C=O) groups excluding carboxylic acids is 1. The Morgan fingerprint density at radius 1 is 1.41 bits per heavy atom. The second-order valence-electron chi connectivity index (χ2n) is 4.04. The highest BCUT2D eigenvalue weighted by molar-refractivity contribution is 5.97. The van der Waals surface area contributed by atoms with Crippen molar-refractivity contribution in [3.63, 3.8) is 0 Å². The Morgan fingerprint density at radius 3 is 2.76 bits per heavy atom. The van der Waals surface area contributed by atoms with E-state index in [9.17, 15) is 9.18 Å². The van der Waals surface area contributed by atoms with E-state index in [2.05, 4.69) is 5.10 Å². The molecule has 0 saturated carbocycles. The number of benzene rings is 1. The summed E-state index contributed by atoms with van der Waals surface area (Å²) in [5, 5.41) is 4.12. The zero-order chi connectivity index (χ0) is 12.4. The summed E-state index contributed by atoms with van der Waals surface area (Å²) < 4.78 is 14.9. The van der Waals surface area contributed by atoms with Gasteiger partial charge in [-0.1, -0.05) is 12.1 Å². The molecule has 2 aromatic rings. The molecular weight excluding hydrogens is 219 g/mol. The number of aromatic nitrogens is 2. The first kappa shape index (κ1) is 11.5. The topological polar surface area (TPSA) is 34.9 Å². The van der Waals surface area contributed by atoms with E-state index in [-0.39, 0.29) is 18.0 Å². The van der Waals surface area contributed by atoms with Gasteiger partial charge in [-0.05, 0) is 24.6 Å². The van der Waals surface area contributed by atoms with Crippen molar-refractivity contribution in [1.82, 2.24) is 9.78 Å². The normalized spacial score (nSPS) is 10.5. The maximum atomic E-state index is 13.3. The van der Waals surface area contributed by atoms with Crippen LogP contribution in [0.5, 0.6) is 0 Å². The van der Waals surface area contributed by atoms with E-state index in [0.717, 1.165) is 0 Å². The van der Waals surface area contributed by atoms with Crippen LogP contribution in [0.4, 0.5) is 4.39 Å². The highest BCUT2D eigenvalue weighted by atomic mass is 19.1. The molecule has 0 fully saturated rings. The summed E-state index contributed by atoms with van der Waals surface area (Å²) >= 11 is 0. The first-order valence-electron chi connectivity index (χ1n) is 5.34. The average molecular weight is 232 g/mol. The number of aryl methyl sites for hydroxylation is 2. The van der Waals surface area contributed by atoms with Crippen molar-refractivity contribution in [2.45, 2.75) is 13.3 Å². The maximum absolute atomic E-state index is 13.3. The minimum Gasteiger partial charge on any atom is -0.294 e. The molecule has 1 heterocycles. The molecular formula is C13H13FN2O. The van der Waals surface area contributed by atoms with E-state index in [1.807, 2.05) is 0 Å². The molecule has 0 aliphatic heterocycles. The van der Waals surface area contributed by atoms with Crippen LogP contribution in [0.3, 0.4) is 0 Å². The van der Waals surface area contributed by atoms with Crippen LogP contribution in [0.25, 0.3) is 0 Å². The van der Waals surface area contributed by atoms with Gasteiger partial charge in [0.2, 0.25) is 0 Å². The number of rotatable bonds is 3. The number of hydrogen-bond donors (Lipinski definition) is 0. The molecule has 0 bridgehead atoms. The van der Waals surface area contributed by atoms with Crippen LogP contribution >= 0.6 is 0 Å². The monoisotopic (exact) mass is 232 g/mol. The fourth-order valence-corrected chi connectivity index (χ4v) is 1.59. The second-order valence-corrected chi connectivity index (χ2v) is 4.04. The lowest BCUT2D eigenvalue weighted by Gasteiger charge is -2.01. The van der Waals surface area contributed by atoms with Crippen LogP contribution in [0, 0.1) is 12.7 Å². The molecule has 17 heavy (non-hydrogen) atoms. The Labute approximate surface area is 98.9 Å². The van der Waals surface area contributed by atoms with Gasteiger partial charge in [0.05, 0.1) is 12.1 Å². The van der Waals surface area contributed by atoms with Gasteiger partial charge in [0.15, 0.2) is 5.78 Å². The first-order chi connectivity index (χ1) is 8.06. The van der Waals surface area contributed by atoms with Gasteiger partial charge in [-0.25, -0.2) is 4.39 Å². The quantitative estimate of drug-likeness (QED) is 0.761. The molecule has 0 aliphatic carbocycles. The average Bonchev–Trinajstić information content (AvgIpc) is 2.68. The third-order valence-electron chi connectivity index (χ3n) is 2.60. The Kier molecular flexibility index (Phi) is 3.04. The molecule has 4 heteroatoms. The van der Waals surface area contributed by atoms with E-state index < -0.39 is 0 Å². The molecule has 0 N–H and O–H groups in total. The zero-order valence-electron chi connectivity index (χ0n) is 9.77. The molecule has 0 spiro atoms. The van der Waals surface area contributed by atoms with Crippen molar-refractivity contribution in [2.24, 2.45) is 7.05 Å². The standard InChI is InChI=1S/C13H13FN2O/c1-9-3-4-10(7-12(9)14)13(17)8-11-5-6-16(2)15-11/h3-7H,8H2,1-2H3. The predicted molar refractivity (Wildman–Crippen MR) is 62.4 cm³/mol. The molecule has 1 aromatic heterocycles. The van der Waals surface area contributed by atoms with Crippen molar-refractivity contribution in [3.8, 4) is 0 Å². The summed E-state index contributed by atoms with van der Waals surface area (Å²) in [5.41, 5.74) is 1.62. The molecule has 1 aromatic carbocycles. The van der Waals surface area contributed by atoms with Gasteiger partial charge in [-0.3, -0.25) is 9.48 Å². The molecule has 0 radical (unpaired) electrons. The number of ketones is 1. The van der Waals surface area contributed by atoms with E-state index in [4.69, 9.17) is 0 Å². The highest BCUT2D eigenvalue weighted by Crippen LogP contribution is 2.11. The van der Waals surface area contributed by atoms with Gasteiger partial charge in [0.25, 0.3) is 0 Å². The van der Waals surface area contributed by atoms with Gasteiger partial charge < -0.3 is 0 Å². The smallest absolute Gasteiger partial charge is 0.168 e. The Balaban J connectivity index is 2.17. The highest BCUT2D eigenvalue weighted by Gasteiger charge is 2.10. The third-order valence-corrected chi connectivity index (χ3v) is 2.60. The summed E-state index contributed by atoms with van der Waals surface area (Å²) in [6.07, 6.45) is 1.97. The fraction of sp³-hybridized carbons (Fsp3) is 0.231. The van der Waals surface area contributed by atoms with Crippen LogP contribution in [0.2, 0.25) is 0 Å². The van der Waals surface area contributed by atoms with E-state index in [1.54, 1.807) is 43.0 Å². The van der Waals surface area contributed by atoms with Crippen LogP contribution < -0.4 is 0 Å². The van der Waals surface area contributed by atoms with E-state index >= 15 is 0 Å². The van der Waals surface area contributed by atoms with Gasteiger partial charge in [-0.15, -0.1) is 0 Å².